The highest BCUT2D eigenvalue weighted by Gasteiger charge is 2.29. The first-order valence-electron chi connectivity index (χ1n) is 11.1. The molecule has 1 atom stereocenters. The number of likely N-dealkylation sites (tertiary alicyclic amines) is 1. The molecule has 3 rings (SSSR count). The van der Waals surface area contributed by atoms with E-state index >= 15 is 0 Å². The Morgan fingerprint density at radius 1 is 1.12 bits per heavy atom. The van der Waals surface area contributed by atoms with Crippen LogP contribution in [0.1, 0.15) is 56.9 Å². The maximum Gasteiger partial charge on any atom is 0.407 e. The van der Waals surface area contributed by atoms with Crippen molar-refractivity contribution in [3.63, 3.8) is 0 Å². The first-order chi connectivity index (χ1) is 15.2. The van der Waals surface area contributed by atoms with Gasteiger partial charge in [0, 0.05) is 43.7 Å². The number of carbonyl (C=O) groups excluding carboxylic acids is 3. The van der Waals surface area contributed by atoms with Crippen LogP contribution >= 0.6 is 0 Å². The normalized spacial score (nSPS) is 16.5. The van der Waals surface area contributed by atoms with Gasteiger partial charge in [-0.3, -0.25) is 14.6 Å². The number of aromatic nitrogens is 1. The number of hydrogen-bond donors (Lipinski definition) is 2. The number of fused-ring (bicyclic) bond motifs is 1. The highest BCUT2D eigenvalue weighted by molar-refractivity contribution is 6.05. The number of pyridine rings is 1. The van der Waals surface area contributed by atoms with Crippen LogP contribution in [0.5, 0.6) is 0 Å². The smallest absolute Gasteiger partial charge is 0.407 e. The first kappa shape index (κ1) is 23.5. The zero-order valence-electron chi connectivity index (χ0n) is 19.0. The van der Waals surface area contributed by atoms with Gasteiger partial charge in [-0.15, -0.1) is 0 Å². The van der Waals surface area contributed by atoms with Crippen LogP contribution in [-0.2, 0) is 9.53 Å². The van der Waals surface area contributed by atoms with Crippen LogP contribution in [0.25, 0.3) is 10.8 Å². The minimum Gasteiger partial charge on any atom is -0.444 e. The van der Waals surface area contributed by atoms with Crippen molar-refractivity contribution in [3.05, 3.63) is 42.2 Å². The molecule has 32 heavy (non-hydrogen) atoms. The summed E-state index contributed by atoms with van der Waals surface area (Å²) in [4.78, 5) is 43.4. The Kier molecular flexibility index (Phi) is 7.66. The summed E-state index contributed by atoms with van der Waals surface area (Å²) in [6.45, 7) is 6.55. The van der Waals surface area contributed by atoms with Gasteiger partial charge in [-0.05, 0) is 51.5 Å². The van der Waals surface area contributed by atoms with Crippen molar-refractivity contribution in [1.82, 2.24) is 20.5 Å². The molecule has 172 valence electrons. The quantitative estimate of drug-likeness (QED) is 0.718. The van der Waals surface area contributed by atoms with Crippen LogP contribution in [0.4, 0.5) is 4.79 Å². The van der Waals surface area contributed by atoms with Crippen molar-refractivity contribution in [2.75, 3.05) is 19.6 Å². The van der Waals surface area contributed by atoms with Crippen molar-refractivity contribution in [2.45, 2.75) is 58.1 Å². The summed E-state index contributed by atoms with van der Waals surface area (Å²) in [5.41, 5.74) is -0.134. The lowest BCUT2D eigenvalue weighted by atomic mass is 10.0. The van der Waals surface area contributed by atoms with Gasteiger partial charge in [-0.1, -0.05) is 24.3 Å². The standard InChI is InChI=1S/C24H32N4O4/c1-24(2,3)32-23(31)26-14-12-20(29)27-16-18-9-6-7-15-28(18)22(30)21-19-10-5-4-8-17(19)11-13-25-21/h4-5,8,10-11,13,18H,6-7,9,12,14-16H2,1-3H3,(H,26,31)(H,27,29)/t18-/m1/s1. The van der Waals surface area contributed by atoms with E-state index in [0.717, 1.165) is 30.0 Å². The summed E-state index contributed by atoms with van der Waals surface area (Å²) >= 11 is 0. The number of amides is 3. The van der Waals surface area contributed by atoms with Crippen molar-refractivity contribution < 1.29 is 19.1 Å². The van der Waals surface area contributed by atoms with Crippen molar-refractivity contribution in [1.29, 1.82) is 0 Å². The van der Waals surface area contributed by atoms with Gasteiger partial charge in [-0.25, -0.2) is 4.79 Å². The first-order valence-corrected chi connectivity index (χ1v) is 11.1. The van der Waals surface area contributed by atoms with Crippen LogP contribution in [-0.4, -0.2) is 59.1 Å². The molecular formula is C24H32N4O4. The van der Waals surface area contributed by atoms with E-state index in [-0.39, 0.29) is 30.8 Å². The molecule has 0 saturated carbocycles. The van der Waals surface area contributed by atoms with Crippen molar-refractivity contribution in [3.8, 4) is 0 Å². The van der Waals surface area contributed by atoms with E-state index in [0.29, 0.717) is 18.8 Å². The van der Waals surface area contributed by atoms with Crippen LogP contribution in [0.2, 0.25) is 0 Å². The van der Waals surface area contributed by atoms with Crippen LogP contribution in [0.15, 0.2) is 36.5 Å². The molecule has 3 amide bonds. The van der Waals surface area contributed by atoms with Gasteiger partial charge >= 0.3 is 6.09 Å². The molecule has 2 aromatic rings. The largest absolute Gasteiger partial charge is 0.444 e. The lowest BCUT2D eigenvalue weighted by molar-refractivity contribution is -0.121. The van der Waals surface area contributed by atoms with Gasteiger partial charge in [0.15, 0.2) is 0 Å². The summed E-state index contributed by atoms with van der Waals surface area (Å²) in [5, 5.41) is 7.29. The molecule has 1 fully saturated rings. The second-order valence-corrected chi connectivity index (χ2v) is 9.01. The topological polar surface area (TPSA) is 101 Å². The minimum absolute atomic E-state index is 0.0835. The summed E-state index contributed by atoms with van der Waals surface area (Å²) < 4.78 is 5.16. The SMILES string of the molecule is CC(C)(C)OC(=O)NCCC(=O)NC[C@H]1CCCCN1C(=O)c1nccc2ccccc12. The number of carbonyl (C=O) groups is 3. The number of benzene rings is 1. The Morgan fingerprint density at radius 3 is 2.69 bits per heavy atom. The third-order valence-electron chi connectivity index (χ3n) is 5.32. The molecule has 2 heterocycles. The minimum atomic E-state index is -0.581. The van der Waals surface area contributed by atoms with E-state index < -0.39 is 11.7 Å². The van der Waals surface area contributed by atoms with Crippen molar-refractivity contribution in [2.24, 2.45) is 0 Å². The van der Waals surface area contributed by atoms with Gasteiger partial charge in [0.1, 0.15) is 11.3 Å². The molecule has 1 aromatic carbocycles. The molecule has 1 aliphatic heterocycles. The lowest BCUT2D eigenvalue weighted by Gasteiger charge is -2.35. The number of alkyl carbamates (subject to hydrolysis) is 1. The van der Waals surface area contributed by atoms with E-state index in [4.69, 9.17) is 4.74 Å². The molecule has 1 aromatic heterocycles. The number of ether oxygens (including phenoxy) is 1. The number of hydrogen-bond acceptors (Lipinski definition) is 5. The Balaban J connectivity index is 1.55. The van der Waals surface area contributed by atoms with E-state index in [1.807, 2.05) is 35.2 Å². The maximum absolute atomic E-state index is 13.3. The molecule has 1 aliphatic rings. The third-order valence-corrected chi connectivity index (χ3v) is 5.32. The Bertz CT molecular complexity index is 965. The van der Waals surface area contributed by atoms with E-state index in [9.17, 15) is 14.4 Å². The highest BCUT2D eigenvalue weighted by atomic mass is 16.6. The molecular weight excluding hydrogens is 408 g/mol. The van der Waals surface area contributed by atoms with E-state index in [1.165, 1.54) is 0 Å². The fraction of sp³-hybridized carbons (Fsp3) is 0.500. The number of nitrogens with zero attached hydrogens (tertiary/aromatic N) is 2. The van der Waals surface area contributed by atoms with Crippen molar-refractivity contribution >= 4 is 28.7 Å². The number of nitrogens with one attached hydrogen (secondary N) is 2. The predicted molar refractivity (Wildman–Crippen MR) is 122 cm³/mol. The molecule has 0 spiro atoms. The monoisotopic (exact) mass is 440 g/mol. The Hall–Kier alpha value is -3.16. The maximum atomic E-state index is 13.3. The fourth-order valence-electron chi connectivity index (χ4n) is 3.82. The molecule has 0 unspecified atom stereocenters. The second-order valence-electron chi connectivity index (χ2n) is 9.01. The zero-order chi connectivity index (χ0) is 23.1. The Morgan fingerprint density at radius 2 is 1.91 bits per heavy atom. The molecule has 0 radical (unpaired) electrons. The average molecular weight is 441 g/mol. The van der Waals surface area contributed by atoms with Gasteiger partial charge < -0.3 is 20.3 Å². The van der Waals surface area contributed by atoms with E-state index in [2.05, 4.69) is 15.6 Å². The summed E-state index contributed by atoms with van der Waals surface area (Å²) in [5.74, 6) is -0.283. The number of piperidine rings is 1. The van der Waals surface area contributed by atoms with E-state index in [1.54, 1.807) is 27.0 Å². The van der Waals surface area contributed by atoms with Crippen LogP contribution in [0, 0.1) is 0 Å². The Labute approximate surface area is 188 Å². The molecule has 1 saturated heterocycles. The summed E-state index contributed by atoms with van der Waals surface area (Å²) in [6.07, 6.45) is 4.02. The molecule has 0 aliphatic carbocycles. The number of rotatable bonds is 6. The van der Waals surface area contributed by atoms with Gasteiger partial charge in [0.2, 0.25) is 5.91 Å². The fourth-order valence-corrected chi connectivity index (χ4v) is 3.82. The molecule has 8 heteroatoms. The predicted octanol–water partition coefficient (Wildman–Crippen LogP) is 3.26. The summed E-state index contributed by atoms with van der Waals surface area (Å²) in [7, 11) is 0. The summed E-state index contributed by atoms with van der Waals surface area (Å²) in [6, 6.07) is 9.53. The highest BCUT2D eigenvalue weighted by Crippen LogP contribution is 2.23. The molecule has 2 N–H and O–H groups in total. The third kappa shape index (κ3) is 6.42. The van der Waals surface area contributed by atoms with Gasteiger partial charge in [0.05, 0.1) is 0 Å². The molecule has 0 bridgehead atoms. The zero-order valence-corrected chi connectivity index (χ0v) is 19.0. The van der Waals surface area contributed by atoms with Crippen LogP contribution < -0.4 is 10.6 Å². The second kappa shape index (κ2) is 10.4. The van der Waals surface area contributed by atoms with Gasteiger partial charge in [-0.2, -0.15) is 0 Å². The van der Waals surface area contributed by atoms with Crippen LogP contribution in [0.3, 0.4) is 0 Å². The van der Waals surface area contributed by atoms with Gasteiger partial charge in [0.25, 0.3) is 5.91 Å². The average Bonchev–Trinajstić information content (AvgIpc) is 2.76. The molecule has 8 nitrogen and oxygen atoms in total. The lowest BCUT2D eigenvalue weighted by Crippen LogP contribution is -2.49.